The van der Waals surface area contributed by atoms with Gasteiger partial charge in [0.15, 0.2) is 0 Å². The second-order valence-corrected chi connectivity index (χ2v) is 18.7. The third-order valence-corrected chi connectivity index (χ3v) is 15.1. The molecule has 1 heterocycles. The molecule has 0 N–H and O–H groups in total. The Morgan fingerprint density at radius 3 is 1.69 bits per heavy atom. The summed E-state index contributed by atoms with van der Waals surface area (Å²) in [4.78, 5) is 2.48. The van der Waals surface area contributed by atoms with E-state index >= 15 is 0 Å². The van der Waals surface area contributed by atoms with Gasteiger partial charge in [-0.05, 0) is 133 Å². The van der Waals surface area contributed by atoms with Crippen molar-refractivity contribution >= 4 is 59.3 Å². The minimum Gasteiger partial charge on any atom is -0.310 e. The van der Waals surface area contributed by atoms with Crippen molar-refractivity contribution in [1.82, 2.24) is 0 Å². The summed E-state index contributed by atoms with van der Waals surface area (Å²) in [5.41, 5.74) is 17.5. The van der Waals surface area contributed by atoms with E-state index in [0.29, 0.717) is 0 Å². The lowest BCUT2D eigenvalue weighted by atomic mass is 9.67. The molecule has 314 valence electrons. The van der Waals surface area contributed by atoms with Crippen LogP contribution >= 0.6 is 11.3 Å². The van der Waals surface area contributed by atoms with Crippen LogP contribution in [0, 0.1) is 0 Å². The maximum atomic E-state index is 2.48. The van der Waals surface area contributed by atoms with Gasteiger partial charge >= 0.3 is 0 Å². The highest BCUT2D eigenvalue weighted by Gasteiger charge is 2.46. The van der Waals surface area contributed by atoms with Gasteiger partial charge in [0.25, 0.3) is 0 Å². The van der Waals surface area contributed by atoms with Crippen LogP contribution < -0.4 is 4.90 Å². The highest BCUT2D eigenvalue weighted by molar-refractivity contribution is 7.25. The molecule has 0 radical (unpaired) electrons. The Balaban J connectivity index is 0.999. The molecular formula is C65H43NS. The minimum absolute atomic E-state index is 0.527. The Morgan fingerprint density at radius 1 is 0.299 bits per heavy atom. The topological polar surface area (TPSA) is 3.24 Å². The lowest BCUT2D eigenvalue weighted by molar-refractivity contribution is 0.768. The molecule has 1 aromatic heterocycles. The van der Waals surface area contributed by atoms with Crippen molar-refractivity contribution in [3.05, 3.63) is 283 Å². The predicted octanol–water partition coefficient (Wildman–Crippen LogP) is 18.0. The number of hydrogen-bond acceptors (Lipinski definition) is 2. The average molecular weight is 870 g/mol. The van der Waals surface area contributed by atoms with E-state index in [2.05, 4.69) is 266 Å². The molecule has 0 amide bonds. The van der Waals surface area contributed by atoms with Gasteiger partial charge < -0.3 is 4.90 Å². The van der Waals surface area contributed by atoms with Crippen LogP contribution in [0.25, 0.3) is 75.5 Å². The molecule has 2 heteroatoms. The number of para-hydroxylation sites is 1. The molecule has 1 aliphatic carbocycles. The number of fused-ring (bicyclic) bond motifs is 7. The van der Waals surface area contributed by atoms with Crippen molar-refractivity contribution in [2.24, 2.45) is 0 Å². The van der Waals surface area contributed by atoms with Crippen LogP contribution in [-0.4, -0.2) is 0 Å². The number of nitrogens with zero attached hydrogens (tertiary/aromatic N) is 1. The van der Waals surface area contributed by atoms with Crippen LogP contribution in [0.4, 0.5) is 17.1 Å². The van der Waals surface area contributed by atoms with E-state index in [1.165, 1.54) is 97.7 Å². The summed E-state index contributed by atoms with van der Waals surface area (Å²) in [6.07, 6.45) is 0. The van der Waals surface area contributed by atoms with Gasteiger partial charge in [0.2, 0.25) is 0 Å². The van der Waals surface area contributed by atoms with Crippen LogP contribution in [0.2, 0.25) is 0 Å². The Bertz CT molecular complexity index is 3770. The first kappa shape index (κ1) is 39.1. The molecule has 1 aliphatic rings. The van der Waals surface area contributed by atoms with Gasteiger partial charge in [-0.25, -0.2) is 0 Å². The molecule has 13 rings (SSSR count). The first-order valence-corrected chi connectivity index (χ1v) is 23.9. The van der Waals surface area contributed by atoms with Crippen LogP contribution in [0.1, 0.15) is 22.3 Å². The lowest BCUT2D eigenvalue weighted by Gasteiger charge is -2.35. The van der Waals surface area contributed by atoms with E-state index < -0.39 is 5.41 Å². The van der Waals surface area contributed by atoms with Crippen molar-refractivity contribution in [3.63, 3.8) is 0 Å². The molecule has 0 spiro atoms. The maximum absolute atomic E-state index is 2.48. The fraction of sp³-hybridized carbons (Fsp3) is 0.0154. The second-order valence-electron chi connectivity index (χ2n) is 17.6. The van der Waals surface area contributed by atoms with Crippen molar-refractivity contribution in [2.45, 2.75) is 5.41 Å². The van der Waals surface area contributed by atoms with Crippen molar-refractivity contribution < 1.29 is 0 Å². The number of rotatable bonds is 8. The smallest absolute Gasteiger partial charge is 0.0714 e. The van der Waals surface area contributed by atoms with E-state index in [1.54, 1.807) is 0 Å². The summed E-state index contributed by atoms with van der Waals surface area (Å²) < 4.78 is 2.61. The largest absolute Gasteiger partial charge is 0.310 e. The third-order valence-electron chi connectivity index (χ3n) is 13.9. The Labute approximate surface area is 395 Å². The van der Waals surface area contributed by atoms with Crippen LogP contribution in [0.3, 0.4) is 0 Å². The molecule has 11 aromatic carbocycles. The average Bonchev–Trinajstić information content (AvgIpc) is 3.93. The standard InChI is InChI=1S/C65H43NS/c1-3-20-51(21-4-1)65(52-22-5-2-6-23-52)60-27-12-9-25-56(60)57-38-37-54(43-61(57)65)66(62-28-13-10-24-55(62)50-34-39-64-59(42-50)58-26-11-14-29-63(58)67-64)53-35-32-45(33-36-53)47-18-15-19-48(40-47)49-31-30-44-16-7-8-17-46(44)41-49/h1-43H. The highest BCUT2D eigenvalue weighted by Crippen LogP contribution is 2.57. The van der Waals surface area contributed by atoms with E-state index in [1.807, 2.05) is 11.3 Å². The normalized spacial score (nSPS) is 12.6. The molecule has 0 bridgehead atoms. The summed E-state index contributed by atoms with van der Waals surface area (Å²) in [5.74, 6) is 0. The Morgan fingerprint density at radius 2 is 0.881 bits per heavy atom. The molecule has 67 heavy (non-hydrogen) atoms. The summed E-state index contributed by atoms with van der Waals surface area (Å²) in [7, 11) is 0. The van der Waals surface area contributed by atoms with E-state index in [-0.39, 0.29) is 0 Å². The molecule has 0 unspecified atom stereocenters. The Hall–Kier alpha value is -8.30. The van der Waals surface area contributed by atoms with Crippen molar-refractivity contribution in [1.29, 1.82) is 0 Å². The summed E-state index contributed by atoms with van der Waals surface area (Å²) in [6, 6.07) is 96.5. The maximum Gasteiger partial charge on any atom is 0.0714 e. The van der Waals surface area contributed by atoms with Crippen molar-refractivity contribution in [2.75, 3.05) is 4.90 Å². The fourth-order valence-corrected chi connectivity index (χ4v) is 11.9. The predicted molar refractivity (Wildman–Crippen MR) is 285 cm³/mol. The van der Waals surface area contributed by atoms with Gasteiger partial charge in [-0.2, -0.15) is 0 Å². The van der Waals surface area contributed by atoms with Crippen molar-refractivity contribution in [3.8, 4) is 44.5 Å². The summed E-state index contributed by atoms with van der Waals surface area (Å²) >= 11 is 1.86. The van der Waals surface area contributed by atoms with E-state index in [0.717, 1.165) is 17.1 Å². The molecule has 0 atom stereocenters. The molecule has 12 aromatic rings. The quantitative estimate of drug-likeness (QED) is 0.147. The molecule has 1 nitrogen and oxygen atoms in total. The van der Waals surface area contributed by atoms with Gasteiger partial charge in [0.1, 0.15) is 0 Å². The van der Waals surface area contributed by atoms with Gasteiger partial charge in [-0.1, -0.05) is 200 Å². The fourth-order valence-electron chi connectivity index (χ4n) is 10.9. The summed E-state index contributed by atoms with van der Waals surface area (Å²) in [5, 5.41) is 5.10. The SMILES string of the molecule is c1ccc(C2(c3ccccc3)c3ccccc3-c3ccc(N(c4ccc(-c5cccc(-c6ccc7ccccc7c6)c5)cc4)c4ccccc4-c4ccc5sc6ccccc6c5c4)cc32)cc1. The lowest BCUT2D eigenvalue weighted by Crippen LogP contribution is -2.28. The monoisotopic (exact) mass is 869 g/mol. The van der Waals surface area contributed by atoms with Gasteiger partial charge in [0, 0.05) is 37.1 Å². The van der Waals surface area contributed by atoms with Crippen LogP contribution in [0.5, 0.6) is 0 Å². The zero-order valence-electron chi connectivity index (χ0n) is 36.7. The number of thiophene rings is 1. The van der Waals surface area contributed by atoms with Gasteiger partial charge in [-0.15, -0.1) is 11.3 Å². The third kappa shape index (κ3) is 6.44. The summed E-state index contributed by atoms with van der Waals surface area (Å²) in [6.45, 7) is 0. The van der Waals surface area contributed by atoms with Gasteiger partial charge in [0.05, 0.1) is 11.1 Å². The zero-order chi connectivity index (χ0) is 44.3. The van der Waals surface area contributed by atoms with E-state index in [9.17, 15) is 0 Å². The second kappa shape index (κ2) is 16.0. The first-order chi connectivity index (χ1) is 33.2. The van der Waals surface area contributed by atoms with Crippen LogP contribution in [0.15, 0.2) is 261 Å². The number of hydrogen-bond donors (Lipinski definition) is 0. The minimum atomic E-state index is -0.527. The van der Waals surface area contributed by atoms with E-state index in [4.69, 9.17) is 0 Å². The highest BCUT2D eigenvalue weighted by atomic mass is 32.1. The van der Waals surface area contributed by atoms with Gasteiger partial charge in [-0.3, -0.25) is 0 Å². The molecular weight excluding hydrogens is 827 g/mol. The molecule has 0 aliphatic heterocycles. The zero-order valence-corrected chi connectivity index (χ0v) is 37.5. The first-order valence-electron chi connectivity index (χ1n) is 23.1. The van der Waals surface area contributed by atoms with Crippen LogP contribution in [-0.2, 0) is 5.41 Å². The molecule has 0 fully saturated rings. The molecule has 0 saturated carbocycles. The number of benzene rings is 11. The Kier molecular flexibility index (Phi) is 9.33. The molecule has 0 saturated heterocycles. The number of anilines is 3.